The van der Waals surface area contributed by atoms with E-state index in [0.29, 0.717) is 11.3 Å². The third kappa shape index (κ3) is 1.99. The van der Waals surface area contributed by atoms with Crippen LogP contribution in [0.5, 0.6) is 0 Å². The highest BCUT2D eigenvalue weighted by atomic mass is 79.9. The summed E-state index contributed by atoms with van der Waals surface area (Å²) in [4.78, 5) is 0. The number of benzene rings is 1. The maximum atomic E-state index is 13.5. The van der Waals surface area contributed by atoms with E-state index in [4.69, 9.17) is 0 Å². The lowest BCUT2D eigenvalue weighted by Crippen LogP contribution is -1.85. The van der Waals surface area contributed by atoms with Gasteiger partial charge in [0.25, 0.3) is 0 Å². The lowest BCUT2D eigenvalue weighted by molar-refractivity contribution is 0.630. The summed E-state index contributed by atoms with van der Waals surface area (Å²) in [6.45, 7) is 1.87. The molecule has 1 N–H and O–H groups in total. The molecule has 0 saturated carbocycles. The summed E-state index contributed by atoms with van der Waals surface area (Å²) in [7, 11) is 0. The van der Waals surface area contributed by atoms with Gasteiger partial charge in [0, 0.05) is 15.7 Å². The van der Waals surface area contributed by atoms with E-state index in [2.05, 4.69) is 42.1 Å². The summed E-state index contributed by atoms with van der Waals surface area (Å²) >= 11 is 6.67. The molecule has 2 rings (SSSR count). The summed E-state index contributed by atoms with van der Waals surface area (Å²) < 4.78 is 15.2. The molecule has 5 heteroatoms. The van der Waals surface area contributed by atoms with Gasteiger partial charge in [-0.1, -0.05) is 15.9 Å². The van der Waals surface area contributed by atoms with Crippen molar-refractivity contribution in [2.24, 2.45) is 0 Å². The number of hydrogen-bond donors (Lipinski definition) is 1. The molecule has 0 amide bonds. The van der Waals surface area contributed by atoms with E-state index in [0.717, 1.165) is 14.6 Å². The lowest BCUT2D eigenvalue weighted by Gasteiger charge is -2.01. The van der Waals surface area contributed by atoms with Crippen LogP contribution in [0.1, 0.15) is 5.69 Å². The molecule has 15 heavy (non-hydrogen) atoms. The molecular weight excluding hydrogens is 327 g/mol. The number of aromatic nitrogens is 2. The first-order chi connectivity index (χ1) is 7.09. The van der Waals surface area contributed by atoms with E-state index in [9.17, 15) is 4.39 Å². The number of aryl methyl sites for hydroxylation is 1. The summed E-state index contributed by atoms with van der Waals surface area (Å²) in [5.74, 6) is -0.287. The van der Waals surface area contributed by atoms with Crippen molar-refractivity contribution >= 4 is 31.9 Å². The molecule has 0 saturated heterocycles. The Kier molecular flexibility index (Phi) is 2.93. The maximum absolute atomic E-state index is 13.5. The van der Waals surface area contributed by atoms with Crippen molar-refractivity contribution in [2.45, 2.75) is 6.92 Å². The summed E-state index contributed by atoms with van der Waals surface area (Å²) in [6.07, 6.45) is 0. The van der Waals surface area contributed by atoms with Crippen LogP contribution in [-0.2, 0) is 0 Å². The Morgan fingerprint density at radius 3 is 2.67 bits per heavy atom. The van der Waals surface area contributed by atoms with Crippen LogP contribution in [0, 0.1) is 12.7 Å². The zero-order chi connectivity index (χ0) is 11.0. The van der Waals surface area contributed by atoms with E-state index in [-0.39, 0.29) is 5.82 Å². The molecule has 2 nitrogen and oxygen atoms in total. The van der Waals surface area contributed by atoms with Gasteiger partial charge in [-0.15, -0.1) is 0 Å². The quantitative estimate of drug-likeness (QED) is 0.838. The molecule has 0 aliphatic rings. The number of rotatable bonds is 1. The van der Waals surface area contributed by atoms with E-state index in [1.807, 2.05) is 6.92 Å². The minimum atomic E-state index is -0.287. The van der Waals surface area contributed by atoms with Crippen LogP contribution in [0.3, 0.4) is 0 Å². The van der Waals surface area contributed by atoms with Crippen LogP contribution in [0.4, 0.5) is 4.39 Å². The predicted octanol–water partition coefficient (Wildman–Crippen LogP) is 4.05. The smallest absolute Gasteiger partial charge is 0.132 e. The van der Waals surface area contributed by atoms with Gasteiger partial charge in [0.15, 0.2) is 0 Å². The van der Waals surface area contributed by atoms with E-state index in [1.165, 1.54) is 6.07 Å². The van der Waals surface area contributed by atoms with Crippen molar-refractivity contribution in [1.29, 1.82) is 0 Å². The average Bonchev–Trinajstić information content (AvgIpc) is 2.52. The van der Waals surface area contributed by atoms with Gasteiger partial charge in [0.05, 0.1) is 4.47 Å². The van der Waals surface area contributed by atoms with Crippen LogP contribution >= 0.6 is 31.9 Å². The SMILES string of the molecule is Cc1[nH]nc(-c2cc(Br)ccc2F)c1Br. The highest BCUT2D eigenvalue weighted by molar-refractivity contribution is 9.11. The van der Waals surface area contributed by atoms with Gasteiger partial charge in [-0.05, 0) is 41.1 Å². The normalized spacial score (nSPS) is 10.7. The molecule has 1 aromatic heterocycles. The van der Waals surface area contributed by atoms with Crippen molar-refractivity contribution in [1.82, 2.24) is 10.2 Å². The van der Waals surface area contributed by atoms with Crippen molar-refractivity contribution in [3.63, 3.8) is 0 Å². The monoisotopic (exact) mass is 332 g/mol. The Morgan fingerprint density at radius 1 is 1.33 bits per heavy atom. The molecule has 0 atom stereocenters. The fourth-order valence-corrected chi connectivity index (χ4v) is 2.02. The van der Waals surface area contributed by atoms with Crippen LogP contribution in [-0.4, -0.2) is 10.2 Å². The highest BCUT2D eigenvalue weighted by Gasteiger charge is 2.13. The highest BCUT2D eigenvalue weighted by Crippen LogP contribution is 2.31. The number of nitrogens with zero attached hydrogens (tertiary/aromatic N) is 1. The van der Waals surface area contributed by atoms with E-state index >= 15 is 0 Å². The van der Waals surface area contributed by atoms with Crippen molar-refractivity contribution in [3.05, 3.63) is 38.7 Å². The molecule has 0 fully saturated rings. The molecule has 0 spiro atoms. The minimum Gasteiger partial charge on any atom is -0.281 e. The molecule has 0 aliphatic carbocycles. The summed E-state index contributed by atoms with van der Waals surface area (Å²) in [5.41, 5.74) is 1.94. The second kappa shape index (κ2) is 4.06. The van der Waals surface area contributed by atoms with Crippen LogP contribution in [0.2, 0.25) is 0 Å². The molecule has 2 aromatic rings. The van der Waals surface area contributed by atoms with Crippen LogP contribution in [0.25, 0.3) is 11.3 Å². The first-order valence-electron chi connectivity index (χ1n) is 4.25. The fourth-order valence-electron chi connectivity index (χ4n) is 1.27. The van der Waals surface area contributed by atoms with E-state index in [1.54, 1.807) is 12.1 Å². The second-order valence-electron chi connectivity index (χ2n) is 3.14. The van der Waals surface area contributed by atoms with Gasteiger partial charge in [-0.3, -0.25) is 5.10 Å². The number of halogens is 3. The van der Waals surface area contributed by atoms with Crippen LogP contribution < -0.4 is 0 Å². The van der Waals surface area contributed by atoms with Gasteiger partial charge >= 0.3 is 0 Å². The van der Waals surface area contributed by atoms with Gasteiger partial charge in [0.2, 0.25) is 0 Å². The third-order valence-corrected chi connectivity index (χ3v) is 3.52. The lowest BCUT2D eigenvalue weighted by atomic mass is 10.1. The molecule has 0 unspecified atom stereocenters. The predicted molar refractivity (Wildman–Crippen MR) is 64.1 cm³/mol. The Bertz CT molecular complexity index is 508. The molecular formula is C10H7Br2FN2. The number of hydrogen-bond acceptors (Lipinski definition) is 1. The van der Waals surface area contributed by atoms with E-state index < -0.39 is 0 Å². The minimum absolute atomic E-state index is 0.287. The summed E-state index contributed by atoms with van der Waals surface area (Å²) in [5, 5.41) is 6.86. The molecule has 0 radical (unpaired) electrons. The Balaban J connectivity index is 2.63. The van der Waals surface area contributed by atoms with Gasteiger partial charge in [-0.2, -0.15) is 5.10 Å². The van der Waals surface area contributed by atoms with Crippen molar-refractivity contribution in [3.8, 4) is 11.3 Å². The zero-order valence-corrected chi connectivity index (χ0v) is 11.0. The van der Waals surface area contributed by atoms with Gasteiger partial charge in [-0.25, -0.2) is 4.39 Å². The largest absolute Gasteiger partial charge is 0.281 e. The number of aromatic amines is 1. The molecule has 0 bridgehead atoms. The van der Waals surface area contributed by atoms with Crippen molar-refractivity contribution < 1.29 is 4.39 Å². The molecule has 1 aromatic carbocycles. The Morgan fingerprint density at radius 2 is 2.07 bits per heavy atom. The number of H-pyrrole nitrogens is 1. The molecule has 0 aliphatic heterocycles. The zero-order valence-electron chi connectivity index (χ0n) is 7.81. The van der Waals surface area contributed by atoms with Gasteiger partial charge < -0.3 is 0 Å². The average molecular weight is 334 g/mol. The Labute approximate surface area is 103 Å². The Hall–Kier alpha value is -0.680. The fraction of sp³-hybridized carbons (Fsp3) is 0.100. The maximum Gasteiger partial charge on any atom is 0.132 e. The summed E-state index contributed by atoms with van der Waals surface area (Å²) in [6, 6.07) is 4.78. The molecule has 78 valence electrons. The standard InChI is InChI=1S/C10H7Br2FN2/c1-5-9(12)10(15-14-5)7-4-6(11)2-3-8(7)13/h2-4H,1H3,(H,14,15). The molecule has 1 heterocycles. The van der Waals surface area contributed by atoms with Crippen LogP contribution in [0.15, 0.2) is 27.1 Å². The first kappa shape index (κ1) is 10.8. The number of nitrogens with one attached hydrogen (secondary N) is 1. The van der Waals surface area contributed by atoms with Crippen molar-refractivity contribution in [2.75, 3.05) is 0 Å². The van der Waals surface area contributed by atoms with Gasteiger partial charge in [0.1, 0.15) is 11.5 Å². The topological polar surface area (TPSA) is 28.7 Å². The second-order valence-corrected chi connectivity index (χ2v) is 4.84. The third-order valence-electron chi connectivity index (χ3n) is 2.06. The first-order valence-corrected chi connectivity index (χ1v) is 5.84.